The third-order valence-corrected chi connectivity index (χ3v) is 5.90. The van der Waals surface area contributed by atoms with Crippen LogP contribution >= 0.6 is 11.3 Å². The van der Waals surface area contributed by atoms with E-state index in [-0.39, 0.29) is 12.7 Å². The normalized spacial score (nSPS) is 12.8. The number of aryl methyl sites for hydroxylation is 2. The summed E-state index contributed by atoms with van der Waals surface area (Å²) >= 11 is 1.56. The highest BCUT2D eigenvalue weighted by molar-refractivity contribution is 7.22. The second-order valence-corrected chi connectivity index (χ2v) is 8.23. The number of carbonyl (C=O) groups is 1. The lowest BCUT2D eigenvalue weighted by Gasteiger charge is -2.22. The molecule has 146 valence electrons. The summed E-state index contributed by atoms with van der Waals surface area (Å²) in [6.07, 6.45) is 0. The average Bonchev–Trinajstić information content (AvgIpc) is 3.27. The standard InChI is InChI=1S/C21H23N3O3S/c1-13-9-14(2)19-16(10-13)22-21(28-19)24(8-7-23(3)4)20(25)15-5-6-17-18(11-15)27-12-26-17/h5-6,9-11H,7-8,12H2,1-4H3. The van der Waals surface area contributed by atoms with Crippen molar-refractivity contribution < 1.29 is 14.3 Å². The van der Waals surface area contributed by atoms with E-state index in [2.05, 4.69) is 30.9 Å². The van der Waals surface area contributed by atoms with Crippen LogP contribution in [0.2, 0.25) is 0 Å². The summed E-state index contributed by atoms with van der Waals surface area (Å²) in [5.74, 6) is 1.19. The van der Waals surface area contributed by atoms with Gasteiger partial charge in [0, 0.05) is 18.7 Å². The molecule has 0 saturated carbocycles. The Balaban J connectivity index is 1.72. The minimum atomic E-state index is -0.0893. The summed E-state index contributed by atoms with van der Waals surface area (Å²) in [7, 11) is 3.99. The van der Waals surface area contributed by atoms with Gasteiger partial charge in [-0.25, -0.2) is 4.98 Å². The van der Waals surface area contributed by atoms with E-state index in [1.807, 2.05) is 14.1 Å². The van der Waals surface area contributed by atoms with Gasteiger partial charge in [-0.1, -0.05) is 17.4 Å². The van der Waals surface area contributed by atoms with Gasteiger partial charge in [0.2, 0.25) is 6.79 Å². The molecular formula is C21H23N3O3S. The molecule has 1 aliphatic rings. The first kappa shape index (κ1) is 18.7. The Kier molecular flexibility index (Phi) is 4.95. The van der Waals surface area contributed by atoms with E-state index in [1.165, 1.54) is 11.1 Å². The molecule has 4 rings (SSSR count). The van der Waals surface area contributed by atoms with Crippen molar-refractivity contribution in [3.8, 4) is 11.5 Å². The zero-order chi connectivity index (χ0) is 19.8. The first-order valence-corrected chi connectivity index (χ1v) is 9.98. The zero-order valence-electron chi connectivity index (χ0n) is 16.5. The lowest BCUT2D eigenvalue weighted by molar-refractivity contribution is 0.0984. The van der Waals surface area contributed by atoms with Gasteiger partial charge >= 0.3 is 0 Å². The number of hydrogen-bond acceptors (Lipinski definition) is 6. The molecule has 7 heteroatoms. The molecular weight excluding hydrogens is 374 g/mol. The Hall–Kier alpha value is -2.64. The summed E-state index contributed by atoms with van der Waals surface area (Å²) in [6.45, 7) is 5.63. The number of fused-ring (bicyclic) bond motifs is 2. The molecule has 0 N–H and O–H groups in total. The first-order chi connectivity index (χ1) is 13.4. The van der Waals surface area contributed by atoms with Crippen molar-refractivity contribution in [3.63, 3.8) is 0 Å². The van der Waals surface area contributed by atoms with Crippen LogP contribution in [0, 0.1) is 13.8 Å². The van der Waals surface area contributed by atoms with Gasteiger partial charge in [-0.3, -0.25) is 9.69 Å². The number of benzene rings is 2. The molecule has 2 aromatic carbocycles. The first-order valence-electron chi connectivity index (χ1n) is 9.16. The van der Waals surface area contributed by atoms with Gasteiger partial charge in [0.25, 0.3) is 5.91 Å². The molecule has 2 heterocycles. The molecule has 3 aromatic rings. The van der Waals surface area contributed by atoms with Crippen LogP contribution in [0.5, 0.6) is 11.5 Å². The Labute approximate surface area is 168 Å². The van der Waals surface area contributed by atoms with Crippen LogP contribution in [-0.4, -0.2) is 49.8 Å². The quantitative estimate of drug-likeness (QED) is 0.655. The number of rotatable bonds is 5. The van der Waals surface area contributed by atoms with Gasteiger partial charge in [0.1, 0.15) is 0 Å². The van der Waals surface area contributed by atoms with Crippen molar-refractivity contribution >= 4 is 32.6 Å². The van der Waals surface area contributed by atoms with E-state index in [0.717, 1.165) is 16.8 Å². The molecule has 0 fully saturated rings. The largest absolute Gasteiger partial charge is 0.454 e. The molecule has 0 atom stereocenters. The van der Waals surface area contributed by atoms with Crippen molar-refractivity contribution in [1.29, 1.82) is 0 Å². The fourth-order valence-electron chi connectivity index (χ4n) is 3.25. The maximum absolute atomic E-state index is 13.4. The van der Waals surface area contributed by atoms with Gasteiger partial charge in [0.05, 0.1) is 10.2 Å². The van der Waals surface area contributed by atoms with Crippen molar-refractivity contribution in [1.82, 2.24) is 9.88 Å². The second kappa shape index (κ2) is 7.41. The predicted molar refractivity (Wildman–Crippen MR) is 112 cm³/mol. The monoisotopic (exact) mass is 397 g/mol. The molecule has 0 radical (unpaired) electrons. The number of nitrogens with zero attached hydrogens (tertiary/aromatic N) is 3. The SMILES string of the molecule is Cc1cc(C)c2sc(N(CCN(C)C)C(=O)c3ccc4c(c3)OCO4)nc2c1. The van der Waals surface area contributed by atoms with Gasteiger partial charge in [0.15, 0.2) is 16.6 Å². The summed E-state index contributed by atoms with van der Waals surface area (Å²) in [5, 5.41) is 0.716. The summed E-state index contributed by atoms with van der Waals surface area (Å²) in [5.41, 5.74) is 3.85. The smallest absolute Gasteiger partial charge is 0.260 e. The van der Waals surface area contributed by atoms with E-state index < -0.39 is 0 Å². The summed E-state index contributed by atoms with van der Waals surface area (Å²) in [4.78, 5) is 22.0. The van der Waals surface area contributed by atoms with Crippen LogP contribution in [0.25, 0.3) is 10.2 Å². The lowest BCUT2D eigenvalue weighted by atomic mass is 10.1. The zero-order valence-corrected chi connectivity index (χ0v) is 17.3. The van der Waals surface area contributed by atoms with Crippen molar-refractivity contribution in [2.75, 3.05) is 38.9 Å². The Bertz CT molecular complexity index is 1040. The van der Waals surface area contributed by atoms with Crippen molar-refractivity contribution in [2.24, 2.45) is 0 Å². The minimum Gasteiger partial charge on any atom is -0.454 e. The van der Waals surface area contributed by atoms with Gasteiger partial charge < -0.3 is 14.4 Å². The van der Waals surface area contributed by atoms with E-state index in [4.69, 9.17) is 14.5 Å². The molecule has 1 amide bonds. The van der Waals surface area contributed by atoms with Gasteiger partial charge in [-0.2, -0.15) is 0 Å². The predicted octanol–water partition coefficient (Wildman–Crippen LogP) is 3.85. The number of carbonyl (C=O) groups excluding carboxylic acids is 1. The van der Waals surface area contributed by atoms with Crippen LogP contribution in [0.1, 0.15) is 21.5 Å². The number of likely N-dealkylation sites (N-methyl/N-ethyl adjacent to an activating group) is 1. The van der Waals surface area contributed by atoms with E-state index in [0.29, 0.717) is 28.7 Å². The van der Waals surface area contributed by atoms with Crippen LogP contribution in [0.15, 0.2) is 30.3 Å². The number of ether oxygens (including phenoxy) is 2. The number of thiazole rings is 1. The molecule has 6 nitrogen and oxygen atoms in total. The summed E-state index contributed by atoms with van der Waals surface area (Å²) in [6, 6.07) is 9.52. The highest BCUT2D eigenvalue weighted by Gasteiger charge is 2.24. The van der Waals surface area contributed by atoms with Gasteiger partial charge in [-0.15, -0.1) is 0 Å². The topological polar surface area (TPSA) is 54.9 Å². The van der Waals surface area contributed by atoms with Crippen molar-refractivity contribution in [2.45, 2.75) is 13.8 Å². The second-order valence-electron chi connectivity index (χ2n) is 7.25. The molecule has 28 heavy (non-hydrogen) atoms. The molecule has 0 unspecified atom stereocenters. The summed E-state index contributed by atoms with van der Waals surface area (Å²) < 4.78 is 11.9. The third kappa shape index (κ3) is 3.55. The number of amides is 1. The van der Waals surface area contributed by atoms with Gasteiger partial charge in [-0.05, 0) is 63.3 Å². The van der Waals surface area contributed by atoms with Crippen LogP contribution < -0.4 is 14.4 Å². The lowest BCUT2D eigenvalue weighted by Crippen LogP contribution is -2.36. The highest BCUT2D eigenvalue weighted by atomic mass is 32.1. The Morgan fingerprint density at radius 2 is 1.89 bits per heavy atom. The third-order valence-electron chi connectivity index (χ3n) is 4.68. The fourth-order valence-corrected chi connectivity index (χ4v) is 4.29. The minimum absolute atomic E-state index is 0.0893. The highest BCUT2D eigenvalue weighted by Crippen LogP contribution is 2.35. The fraction of sp³-hybridized carbons (Fsp3) is 0.333. The molecule has 0 aliphatic carbocycles. The molecule has 0 saturated heterocycles. The maximum Gasteiger partial charge on any atom is 0.260 e. The number of anilines is 1. The average molecular weight is 398 g/mol. The number of hydrogen-bond donors (Lipinski definition) is 0. The van der Waals surface area contributed by atoms with E-state index >= 15 is 0 Å². The van der Waals surface area contributed by atoms with E-state index in [9.17, 15) is 4.79 Å². The van der Waals surface area contributed by atoms with Crippen LogP contribution in [0.4, 0.5) is 5.13 Å². The molecule has 1 aromatic heterocycles. The van der Waals surface area contributed by atoms with Crippen LogP contribution in [0.3, 0.4) is 0 Å². The maximum atomic E-state index is 13.4. The molecule has 0 spiro atoms. The van der Waals surface area contributed by atoms with E-state index in [1.54, 1.807) is 34.4 Å². The Morgan fingerprint density at radius 1 is 1.11 bits per heavy atom. The molecule has 1 aliphatic heterocycles. The number of aromatic nitrogens is 1. The Morgan fingerprint density at radius 3 is 2.68 bits per heavy atom. The van der Waals surface area contributed by atoms with Crippen LogP contribution in [-0.2, 0) is 0 Å². The molecule has 0 bridgehead atoms. The van der Waals surface area contributed by atoms with Crippen molar-refractivity contribution in [3.05, 3.63) is 47.0 Å².